The van der Waals surface area contributed by atoms with Crippen molar-refractivity contribution in [2.75, 3.05) is 7.11 Å². The molecule has 1 aliphatic rings. The van der Waals surface area contributed by atoms with Crippen LogP contribution in [0.2, 0.25) is 0 Å². The van der Waals surface area contributed by atoms with E-state index in [1.165, 1.54) is 24.9 Å². The van der Waals surface area contributed by atoms with E-state index >= 15 is 0 Å². The average Bonchev–Trinajstić information content (AvgIpc) is 3.11. The molecular weight excluding hydrogens is 227 g/mol. The maximum Gasteiger partial charge on any atom is 0.319 e. The summed E-state index contributed by atoms with van der Waals surface area (Å²) in [4.78, 5) is 12.1. The number of esters is 1. The number of benzene rings is 1. The number of halogens is 1. The molecule has 1 fully saturated rings. The molecule has 2 nitrogen and oxygen atoms in total. The number of hydrogen-bond donors (Lipinski definition) is 0. The molecule has 0 heterocycles. The van der Waals surface area contributed by atoms with Gasteiger partial charge in [0.25, 0.3) is 0 Å². The van der Waals surface area contributed by atoms with E-state index in [4.69, 9.17) is 4.74 Å². The number of hydrogen-bond acceptors (Lipinski definition) is 3. The lowest BCUT2D eigenvalue weighted by Crippen LogP contribution is -2.20. The summed E-state index contributed by atoms with van der Waals surface area (Å²) < 4.78 is 18.2. The molecule has 1 unspecified atom stereocenters. The van der Waals surface area contributed by atoms with E-state index in [0.717, 1.165) is 12.8 Å². The number of rotatable bonds is 4. The van der Waals surface area contributed by atoms with Crippen molar-refractivity contribution in [1.29, 1.82) is 0 Å². The van der Waals surface area contributed by atoms with Crippen molar-refractivity contribution < 1.29 is 13.9 Å². The van der Waals surface area contributed by atoms with Gasteiger partial charge in [-0.2, -0.15) is 0 Å². The predicted molar refractivity (Wildman–Crippen MR) is 60.8 cm³/mol. The molecule has 0 radical (unpaired) electrons. The Morgan fingerprint density at radius 1 is 1.50 bits per heavy atom. The molecule has 0 spiro atoms. The number of methoxy groups -OCH3 is 1. The Balaban J connectivity index is 2.11. The first-order valence-corrected chi connectivity index (χ1v) is 6.09. The minimum Gasteiger partial charge on any atom is -0.468 e. The minimum atomic E-state index is -0.276. The van der Waals surface area contributed by atoms with Gasteiger partial charge >= 0.3 is 5.97 Å². The molecule has 0 amide bonds. The van der Waals surface area contributed by atoms with E-state index in [2.05, 4.69) is 0 Å². The first-order chi connectivity index (χ1) is 7.72. The Morgan fingerprint density at radius 2 is 2.19 bits per heavy atom. The van der Waals surface area contributed by atoms with E-state index < -0.39 is 0 Å². The van der Waals surface area contributed by atoms with Crippen LogP contribution in [0, 0.1) is 11.7 Å². The van der Waals surface area contributed by atoms with Gasteiger partial charge in [0.1, 0.15) is 11.1 Å². The van der Waals surface area contributed by atoms with Crippen LogP contribution < -0.4 is 0 Å². The molecule has 1 aromatic carbocycles. The van der Waals surface area contributed by atoms with Gasteiger partial charge in [-0.05, 0) is 30.9 Å². The lowest BCUT2D eigenvalue weighted by molar-refractivity contribution is -0.140. The fourth-order valence-electron chi connectivity index (χ4n) is 1.53. The monoisotopic (exact) mass is 240 g/mol. The first kappa shape index (κ1) is 11.5. The van der Waals surface area contributed by atoms with E-state index in [1.54, 1.807) is 18.2 Å². The molecule has 1 saturated carbocycles. The highest BCUT2D eigenvalue weighted by Gasteiger charge is 2.38. The fraction of sp³-hybridized carbons (Fsp3) is 0.417. The first-order valence-electron chi connectivity index (χ1n) is 5.21. The van der Waals surface area contributed by atoms with Gasteiger partial charge in [0.2, 0.25) is 0 Å². The Labute approximate surface area is 98.2 Å². The van der Waals surface area contributed by atoms with Gasteiger partial charge in [-0.3, -0.25) is 4.79 Å². The second-order valence-corrected chi connectivity index (χ2v) is 5.01. The van der Waals surface area contributed by atoms with Crippen molar-refractivity contribution in [2.24, 2.45) is 5.92 Å². The highest BCUT2D eigenvalue weighted by molar-refractivity contribution is 8.00. The largest absolute Gasteiger partial charge is 0.468 e. The normalized spacial score (nSPS) is 16.9. The second-order valence-electron chi connectivity index (χ2n) is 3.83. The molecule has 86 valence electrons. The minimum absolute atomic E-state index is 0.254. The molecule has 2 rings (SSSR count). The van der Waals surface area contributed by atoms with Crippen molar-refractivity contribution in [2.45, 2.75) is 23.0 Å². The summed E-state index contributed by atoms with van der Waals surface area (Å²) in [6.07, 6.45) is 2.06. The number of carbonyl (C=O) groups is 1. The SMILES string of the molecule is COC(=O)C(Sc1ccccc1F)C1CC1. The molecule has 4 heteroatoms. The summed E-state index contributed by atoms with van der Waals surface area (Å²) in [6, 6.07) is 6.51. The average molecular weight is 240 g/mol. The summed E-state index contributed by atoms with van der Waals surface area (Å²) in [7, 11) is 1.37. The Morgan fingerprint density at radius 3 is 2.75 bits per heavy atom. The summed E-state index contributed by atoms with van der Waals surface area (Å²) in [5, 5.41) is -0.262. The van der Waals surface area contributed by atoms with Gasteiger partial charge in [-0.1, -0.05) is 12.1 Å². The van der Waals surface area contributed by atoms with Crippen LogP contribution in [0.15, 0.2) is 29.2 Å². The van der Waals surface area contributed by atoms with Crippen LogP contribution in [0.25, 0.3) is 0 Å². The zero-order chi connectivity index (χ0) is 11.5. The zero-order valence-corrected chi connectivity index (χ0v) is 9.80. The molecule has 0 aliphatic heterocycles. The topological polar surface area (TPSA) is 26.3 Å². The smallest absolute Gasteiger partial charge is 0.319 e. The van der Waals surface area contributed by atoms with Gasteiger partial charge in [0.15, 0.2) is 0 Å². The fourth-order valence-corrected chi connectivity index (χ4v) is 2.80. The molecule has 0 saturated heterocycles. The van der Waals surface area contributed by atoms with Crippen molar-refractivity contribution in [3.05, 3.63) is 30.1 Å². The van der Waals surface area contributed by atoms with Crippen LogP contribution >= 0.6 is 11.8 Å². The molecule has 0 bridgehead atoms. The molecule has 1 aliphatic carbocycles. The van der Waals surface area contributed by atoms with Gasteiger partial charge in [-0.15, -0.1) is 11.8 Å². The van der Waals surface area contributed by atoms with Gasteiger partial charge < -0.3 is 4.74 Å². The van der Waals surface area contributed by atoms with E-state index in [0.29, 0.717) is 10.8 Å². The molecule has 1 atom stereocenters. The van der Waals surface area contributed by atoms with Crippen molar-refractivity contribution in [1.82, 2.24) is 0 Å². The second kappa shape index (κ2) is 4.87. The van der Waals surface area contributed by atoms with Crippen LogP contribution in [-0.4, -0.2) is 18.3 Å². The molecular formula is C12H13FO2S. The Kier molecular flexibility index (Phi) is 3.49. The highest BCUT2D eigenvalue weighted by Crippen LogP contribution is 2.42. The Hall–Kier alpha value is -1.03. The van der Waals surface area contributed by atoms with Crippen molar-refractivity contribution in [3.8, 4) is 0 Å². The van der Waals surface area contributed by atoms with Crippen LogP contribution in [-0.2, 0) is 9.53 Å². The Bertz CT molecular complexity index is 390. The van der Waals surface area contributed by atoms with Gasteiger partial charge in [-0.25, -0.2) is 4.39 Å². The third-order valence-electron chi connectivity index (χ3n) is 2.57. The van der Waals surface area contributed by atoms with Crippen LogP contribution in [0.3, 0.4) is 0 Å². The molecule has 1 aromatic rings. The third kappa shape index (κ3) is 2.55. The third-order valence-corrected chi connectivity index (χ3v) is 3.99. The van der Waals surface area contributed by atoms with Crippen molar-refractivity contribution >= 4 is 17.7 Å². The number of carbonyl (C=O) groups excluding carboxylic acids is 1. The zero-order valence-electron chi connectivity index (χ0n) is 8.98. The summed E-state index contributed by atoms with van der Waals surface area (Å²) in [6.45, 7) is 0. The molecule has 0 N–H and O–H groups in total. The lowest BCUT2D eigenvalue weighted by Gasteiger charge is -2.13. The molecule has 0 aromatic heterocycles. The van der Waals surface area contributed by atoms with Gasteiger partial charge in [0.05, 0.1) is 7.11 Å². The summed E-state index contributed by atoms with van der Waals surface area (Å²) in [5.41, 5.74) is 0. The van der Waals surface area contributed by atoms with Crippen LogP contribution in [0.5, 0.6) is 0 Å². The maximum atomic E-state index is 13.4. The highest BCUT2D eigenvalue weighted by atomic mass is 32.2. The standard InChI is InChI=1S/C12H13FO2S/c1-15-12(14)11(8-6-7-8)16-10-5-3-2-4-9(10)13/h2-5,8,11H,6-7H2,1H3. The van der Waals surface area contributed by atoms with Crippen molar-refractivity contribution in [3.63, 3.8) is 0 Å². The summed E-state index contributed by atoms with van der Waals surface area (Å²) in [5.74, 6) is -0.185. The molecule has 16 heavy (non-hydrogen) atoms. The summed E-state index contributed by atoms with van der Waals surface area (Å²) >= 11 is 1.27. The lowest BCUT2D eigenvalue weighted by atomic mass is 10.3. The van der Waals surface area contributed by atoms with E-state index in [9.17, 15) is 9.18 Å². The van der Waals surface area contributed by atoms with E-state index in [-0.39, 0.29) is 17.0 Å². The number of ether oxygens (including phenoxy) is 1. The van der Waals surface area contributed by atoms with Crippen LogP contribution in [0.1, 0.15) is 12.8 Å². The maximum absolute atomic E-state index is 13.4. The van der Waals surface area contributed by atoms with E-state index in [1.807, 2.05) is 0 Å². The van der Waals surface area contributed by atoms with Crippen LogP contribution in [0.4, 0.5) is 4.39 Å². The quantitative estimate of drug-likeness (QED) is 0.598. The predicted octanol–water partition coefficient (Wildman–Crippen LogP) is 2.87. The van der Waals surface area contributed by atoms with Gasteiger partial charge in [0, 0.05) is 4.90 Å². The number of thioether (sulfide) groups is 1.